The predicted molar refractivity (Wildman–Crippen MR) is 103 cm³/mol. The molecule has 1 heterocycles. The molecule has 1 saturated heterocycles. The zero-order valence-corrected chi connectivity index (χ0v) is 16.0. The van der Waals surface area contributed by atoms with E-state index in [1.165, 1.54) is 0 Å². The van der Waals surface area contributed by atoms with Crippen molar-refractivity contribution in [1.29, 1.82) is 0 Å². The summed E-state index contributed by atoms with van der Waals surface area (Å²) in [6.07, 6.45) is 2.59. The quantitative estimate of drug-likeness (QED) is 0.398. The Hall–Kier alpha value is -2.44. The zero-order valence-electron chi connectivity index (χ0n) is 16.0. The second kappa shape index (κ2) is 10.5. The molecule has 2 N–H and O–H groups in total. The highest BCUT2D eigenvalue weighted by Gasteiger charge is 2.18. The molecule has 7 heteroatoms. The van der Waals surface area contributed by atoms with E-state index >= 15 is 0 Å². The summed E-state index contributed by atoms with van der Waals surface area (Å²) in [6, 6.07) is 5.72. The summed E-state index contributed by atoms with van der Waals surface area (Å²) < 4.78 is 10.6. The molecule has 0 radical (unpaired) electrons. The fraction of sp³-hybridized carbons (Fsp3) is 0.579. The van der Waals surface area contributed by atoms with E-state index in [1.807, 2.05) is 30.0 Å². The van der Waals surface area contributed by atoms with Gasteiger partial charge in [-0.05, 0) is 31.9 Å². The molecule has 0 spiro atoms. The second-order valence-corrected chi connectivity index (χ2v) is 6.14. The minimum Gasteiger partial charge on any atom is -0.497 e. The molecule has 1 aromatic carbocycles. The van der Waals surface area contributed by atoms with Crippen molar-refractivity contribution in [2.45, 2.75) is 32.7 Å². The fourth-order valence-electron chi connectivity index (χ4n) is 2.91. The maximum Gasteiger partial charge on any atom is 0.222 e. The number of carbonyl (C=O) groups excluding carboxylic acids is 1. The summed E-state index contributed by atoms with van der Waals surface area (Å²) in [5, 5.41) is 6.57. The molecule has 1 aliphatic heterocycles. The van der Waals surface area contributed by atoms with Gasteiger partial charge in [0, 0.05) is 44.2 Å². The van der Waals surface area contributed by atoms with E-state index in [0.29, 0.717) is 13.0 Å². The van der Waals surface area contributed by atoms with Crippen LogP contribution in [0.4, 0.5) is 0 Å². The van der Waals surface area contributed by atoms with E-state index in [0.717, 1.165) is 62.0 Å². The lowest BCUT2D eigenvalue weighted by atomic mass is 10.2. The van der Waals surface area contributed by atoms with Crippen molar-refractivity contribution in [3.05, 3.63) is 23.8 Å². The van der Waals surface area contributed by atoms with Crippen molar-refractivity contribution in [1.82, 2.24) is 15.5 Å². The first-order chi connectivity index (χ1) is 12.7. The van der Waals surface area contributed by atoms with E-state index in [4.69, 9.17) is 9.47 Å². The maximum atomic E-state index is 11.6. The number of nitrogens with one attached hydrogen (secondary N) is 2. The minimum atomic E-state index is 0.275. The molecule has 0 atom stereocenters. The number of aliphatic imine (C=N–C) groups is 1. The third-order valence-corrected chi connectivity index (χ3v) is 4.31. The Labute approximate surface area is 155 Å². The number of methoxy groups -OCH3 is 2. The van der Waals surface area contributed by atoms with Gasteiger partial charge in [0.15, 0.2) is 5.96 Å². The molecule has 1 fully saturated rings. The predicted octanol–water partition coefficient (Wildman–Crippen LogP) is 1.77. The van der Waals surface area contributed by atoms with Gasteiger partial charge in [0.2, 0.25) is 5.91 Å². The number of guanidine groups is 1. The molecule has 0 aromatic heterocycles. The Morgan fingerprint density at radius 2 is 2.12 bits per heavy atom. The van der Waals surface area contributed by atoms with Gasteiger partial charge in [0.1, 0.15) is 11.5 Å². The Kier molecular flexibility index (Phi) is 8.05. The van der Waals surface area contributed by atoms with E-state index in [9.17, 15) is 4.79 Å². The smallest absolute Gasteiger partial charge is 0.222 e. The van der Waals surface area contributed by atoms with Gasteiger partial charge < -0.3 is 25.0 Å². The van der Waals surface area contributed by atoms with Crippen molar-refractivity contribution in [2.75, 3.05) is 40.4 Å². The maximum absolute atomic E-state index is 11.6. The molecule has 144 valence electrons. The summed E-state index contributed by atoms with van der Waals surface area (Å²) in [5.74, 6) is 2.56. The van der Waals surface area contributed by atoms with Crippen LogP contribution in [0.3, 0.4) is 0 Å². The van der Waals surface area contributed by atoms with E-state index in [-0.39, 0.29) is 5.91 Å². The first-order valence-electron chi connectivity index (χ1n) is 9.18. The van der Waals surface area contributed by atoms with Crippen LogP contribution in [-0.4, -0.2) is 57.2 Å². The van der Waals surface area contributed by atoms with Gasteiger partial charge in [-0.25, -0.2) is 4.99 Å². The molecular formula is C19H30N4O3. The van der Waals surface area contributed by atoms with Crippen LogP contribution in [0.5, 0.6) is 11.5 Å². The average molecular weight is 362 g/mol. The third-order valence-electron chi connectivity index (χ3n) is 4.31. The Bertz CT molecular complexity index is 619. The number of rotatable bonds is 9. The number of ether oxygens (including phenoxy) is 2. The van der Waals surface area contributed by atoms with E-state index < -0.39 is 0 Å². The topological polar surface area (TPSA) is 75.2 Å². The number of benzene rings is 1. The number of carbonyl (C=O) groups is 1. The minimum absolute atomic E-state index is 0.275. The lowest BCUT2D eigenvalue weighted by Gasteiger charge is -2.16. The third kappa shape index (κ3) is 5.82. The Morgan fingerprint density at radius 1 is 1.27 bits per heavy atom. The molecule has 0 bridgehead atoms. The fourth-order valence-corrected chi connectivity index (χ4v) is 2.91. The van der Waals surface area contributed by atoms with Crippen LogP contribution >= 0.6 is 0 Å². The van der Waals surface area contributed by atoms with Crippen LogP contribution < -0.4 is 20.1 Å². The van der Waals surface area contributed by atoms with E-state index in [2.05, 4.69) is 15.6 Å². The first-order valence-corrected chi connectivity index (χ1v) is 9.18. The molecular weight excluding hydrogens is 332 g/mol. The number of nitrogens with zero attached hydrogens (tertiary/aromatic N) is 2. The van der Waals surface area contributed by atoms with Gasteiger partial charge in [-0.15, -0.1) is 0 Å². The molecule has 1 aromatic rings. The largest absolute Gasteiger partial charge is 0.497 e. The van der Waals surface area contributed by atoms with Gasteiger partial charge in [0.25, 0.3) is 0 Å². The van der Waals surface area contributed by atoms with Gasteiger partial charge in [-0.2, -0.15) is 0 Å². The Balaban J connectivity index is 1.86. The SMILES string of the molecule is CCNC(=NCc1ccc(OC)cc1OC)NCCCN1CCCC1=O. The second-order valence-electron chi connectivity index (χ2n) is 6.14. The number of likely N-dealkylation sites (tertiary alicyclic amines) is 1. The molecule has 0 unspecified atom stereocenters. The van der Waals surface area contributed by atoms with Gasteiger partial charge >= 0.3 is 0 Å². The lowest BCUT2D eigenvalue weighted by molar-refractivity contribution is -0.127. The van der Waals surface area contributed by atoms with Crippen molar-refractivity contribution in [3.8, 4) is 11.5 Å². The molecule has 2 rings (SSSR count). The number of amides is 1. The number of hydrogen-bond donors (Lipinski definition) is 2. The average Bonchev–Trinajstić information content (AvgIpc) is 3.07. The highest BCUT2D eigenvalue weighted by atomic mass is 16.5. The molecule has 7 nitrogen and oxygen atoms in total. The summed E-state index contributed by atoms with van der Waals surface area (Å²) in [7, 11) is 3.28. The van der Waals surface area contributed by atoms with Crippen LogP contribution in [0.1, 0.15) is 31.7 Å². The summed E-state index contributed by atoms with van der Waals surface area (Å²) >= 11 is 0. The van der Waals surface area contributed by atoms with Crippen LogP contribution in [0.2, 0.25) is 0 Å². The molecule has 26 heavy (non-hydrogen) atoms. The monoisotopic (exact) mass is 362 g/mol. The number of hydrogen-bond acceptors (Lipinski definition) is 4. The van der Waals surface area contributed by atoms with Crippen molar-refractivity contribution in [2.24, 2.45) is 4.99 Å². The highest BCUT2D eigenvalue weighted by Crippen LogP contribution is 2.25. The van der Waals surface area contributed by atoms with Crippen molar-refractivity contribution in [3.63, 3.8) is 0 Å². The zero-order chi connectivity index (χ0) is 18.8. The summed E-state index contributed by atoms with van der Waals surface area (Å²) in [5.41, 5.74) is 0.994. The van der Waals surface area contributed by atoms with Gasteiger partial charge in [0.05, 0.1) is 20.8 Å². The molecule has 0 saturated carbocycles. The van der Waals surface area contributed by atoms with Crippen molar-refractivity contribution < 1.29 is 14.3 Å². The van der Waals surface area contributed by atoms with Gasteiger partial charge in [-0.1, -0.05) is 0 Å². The van der Waals surface area contributed by atoms with Crippen molar-refractivity contribution >= 4 is 11.9 Å². The van der Waals surface area contributed by atoms with Crippen LogP contribution in [0.15, 0.2) is 23.2 Å². The summed E-state index contributed by atoms with van der Waals surface area (Å²) in [6.45, 7) is 5.80. The Morgan fingerprint density at radius 3 is 2.77 bits per heavy atom. The molecule has 1 amide bonds. The standard InChI is InChI=1S/C19H30N4O3/c1-4-20-19(21-10-6-12-23-11-5-7-18(23)24)22-14-15-8-9-16(25-2)13-17(15)26-3/h8-9,13H,4-7,10-12,14H2,1-3H3,(H2,20,21,22). The lowest BCUT2D eigenvalue weighted by Crippen LogP contribution is -2.39. The van der Waals surface area contributed by atoms with E-state index in [1.54, 1.807) is 14.2 Å². The van der Waals surface area contributed by atoms with Gasteiger partial charge in [-0.3, -0.25) is 4.79 Å². The molecule has 1 aliphatic rings. The van der Waals surface area contributed by atoms with Crippen LogP contribution in [-0.2, 0) is 11.3 Å². The molecule has 0 aliphatic carbocycles. The highest BCUT2D eigenvalue weighted by molar-refractivity contribution is 5.80. The van der Waals surface area contributed by atoms with Crippen LogP contribution in [0, 0.1) is 0 Å². The first kappa shape index (κ1) is 19.9. The summed E-state index contributed by atoms with van der Waals surface area (Å²) in [4.78, 5) is 18.2. The normalized spacial score (nSPS) is 14.5. The van der Waals surface area contributed by atoms with Crippen LogP contribution in [0.25, 0.3) is 0 Å².